The topological polar surface area (TPSA) is 132 Å². The largest absolute Gasteiger partial charge is 0.870 e. The molecule has 1 aromatic carbocycles. The molecule has 150 valence electrons. The van der Waals surface area contributed by atoms with Gasteiger partial charge in [-0.25, -0.2) is 23.4 Å². The number of aromatic nitrogens is 3. The first kappa shape index (κ1) is 20.1. The molecule has 0 aliphatic carbocycles. The Morgan fingerprint density at radius 2 is 1.93 bits per heavy atom. The molecule has 3 aromatic rings. The van der Waals surface area contributed by atoms with Crippen molar-refractivity contribution in [2.75, 3.05) is 12.4 Å². The number of carbonyl (C=O) groups excluding carboxylic acids is 1. The zero-order valence-corrected chi connectivity index (χ0v) is 16.5. The lowest BCUT2D eigenvalue weighted by Crippen LogP contribution is -2.39. The number of pyridine rings is 1. The summed E-state index contributed by atoms with van der Waals surface area (Å²) in [6.45, 7) is 1.97. The molecule has 29 heavy (non-hydrogen) atoms. The Labute approximate surface area is 167 Å². The number of hydrogen-bond donors (Lipinski definition) is 2. The predicted molar refractivity (Wildman–Crippen MR) is 103 cm³/mol. The number of nitrogens with one attached hydrogen (secondary N) is 3. The van der Waals surface area contributed by atoms with E-state index in [9.17, 15) is 18.3 Å². The second kappa shape index (κ2) is 8.15. The van der Waals surface area contributed by atoms with Crippen molar-refractivity contribution in [1.82, 2.24) is 14.3 Å². The van der Waals surface area contributed by atoms with Gasteiger partial charge < -0.3 is 10.4 Å². The van der Waals surface area contributed by atoms with E-state index < -0.39 is 27.4 Å². The minimum atomic E-state index is -3.95. The molecular weight excluding hydrogens is 394 g/mol. The molecule has 0 spiro atoms. The Morgan fingerprint density at radius 1 is 1.21 bits per heavy atom. The molecule has 4 rings (SSSR count). The highest BCUT2D eigenvalue weighted by atomic mass is 32.2. The Bertz CT molecular complexity index is 1140. The molecule has 1 amide bonds. The average molecular weight is 413 g/mol. The van der Waals surface area contributed by atoms with Gasteiger partial charge in [-0.05, 0) is 23.8 Å². The molecule has 0 radical (unpaired) electrons. The Kier molecular flexibility index (Phi) is 5.64. The minimum Gasteiger partial charge on any atom is -0.870 e. The van der Waals surface area contributed by atoms with E-state index in [0.717, 1.165) is 5.82 Å². The Morgan fingerprint density at radius 3 is 2.52 bits per heavy atom. The molecule has 0 saturated heterocycles. The summed E-state index contributed by atoms with van der Waals surface area (Å²) in [7, 11) is -2.77. The standard InChI is InChI=1S/C15H13N3O4S.C4H6N2/c1-18-13(15(20)17-12-8-4-5-9-16-12)14(19)10-6-2-3-7-11(10)23(18,21)22;1-4-5-2-3-6-4/h2-9,19H,1H3,(H,16,17,20);2-3H,1H3,(H,5,6). The normalized spacial score (nSPS) is 14.5. The summed E-state index contributed by atoms with van der Waals surface area (Å²) in [5.41, 5.74) is -0.480. The second-order valence-corrected chi connectivity index (χ2v) is 8.00. The highest BCUT2D eigenvalue weighted by Crippen LogP contribution is 2.33. The number of hydrogen-bond acceptors (Lipinski definition) is 5. The van der Waals surface area contributed by atoms with Gasteiger partial charge in [-0.3, -0.25) is 9.10 Å². The molecule has 10 heteroatoms. The van der Waals surface area contributed by atoms with Crippen LogP contribution in [0.4, 0.5) is 5.82 Å². The summed E-state index contributed by atoms with van der Waals surface area (Å²) in [5.74, 6) is -0.155. The van der Waals surface area contributed by atoms with Crippen LogP contribution in [-0.2, 0) is 14.8 Å². The molecule has 9 nitrogen and oxygen atoms in total. The van der Waals surface area contributed by atoms with Crippen molar-refractivity contribution in [2.45, 2.75) is 11.8 Å². The zero-order valence-electron chi connectivity index (χ0n) is 15.7. The summed E-state index contributed by atoms with van der Waals surface area (Å²) in [6, 6.07) is 10.7. The number of amides is 1. The van der Waals surface area contributed by atoms with Gasteiger partial charge in [0, 0.05) is 20.2 Å². The minimum absolute atomic E-state index is 0.0169. The third kappa shape index (κ3) is 4.11. The van der Waals surface area contributed by atoms with Gasteiger partial charge in [-0.15, -0.1) is 0 Å². The highest BCUT2D eigenvalue weighted by molar-refractivity contribution is 7.89. The fraction of sp³-hybridized carbons (Fsp3) is 0.105. The van der Waals surface area contributed by atoms with Crippen LogP contribution in [0.1, 0.15) is 11.4 Å². The molecule has 0 bridgehead atoms. The lowest BCUT2D eigenvalue weighted by molar-refractivity contribution is -0.385. The van der Waals surface area contributed by atoms with E-state index >= 15 is 0 Å². The maximum atomic E-state index is 12.5. The number of imidazole rings is 1. The van der Waals surface area contributed by atoms with Gasteiger partial charge in [-0.2, -0.15) is 0 Å². The van der Waals surface area contributed by atoms with Crippen molar-refractivity contribution in [2.24, 2.45) is 0 Å². The van der Waals surface area contributed by atoms with E-state index in [4.69, 9.17) is 0 Å². The SMILES string of the molecule is CN1C(C(=O)Nc2ccccn2)=C([O-])c2ccccc2S1(=O)=O.Cc1[nH]cc[nH+]1. The molecule has 1 aliphatic rings. The van der Waals surface area contributed by atoms with E-state index in [2.05, 4.69) is 20.3 Å². The van der Waals surface area contributed by atoms with Gasteiger partial charge >= 0.3 is 0 Å². The number of rotatable bonds is 2. The molecular formula is C19H19N5O4S. The lowest BCUT2D eigenvalue weighted by Gasteiger charge is -2.33. The number of sulfonamides is 1. The number of likely N-dealkylation sites (N-methyl/N-ethyl adjacent to an activating group) is 1. The average Bonchev–Trinajstić information content (AvgIpc) is 3.19. The van der Waals surface area contributed by atoms with Crippen LogP contribution in [0.5, 0.6) is 0 Å². The number of nitrogens with zero attached hydrogens (tertiary/aromatic N) is 2. The molecule has 0 unspecified atom stereocenters. The fourth-order valence-electron chi connectivity index (χ4n) is 2.65. The number of aryl methyl sites for hydroxylation is 1. The quantitative estimate of drug-likeness (QED) is 0.632. The Balaban J connectivity index is 0.000000343. The van der Waals surface area contributed by atoms with Crippen molar-refractivity contribution in [3.8, 4) is 0 Å². The molecule has 0 fully saturated rings. The van der Waals surface area contributed by atoms with E-state index in [0.29, 0.717) is 4.31 Å². The molecule has 2 aromatic heterocycles. The number of anilines is 1. The smallest absolute Gasteiger partial charge is 0.273 e. The fourth-order valence-corrected chi connectivity index (χ4v) is 4.04. The monoisotopic (exact) mass is 413 g/mol. The number of aromatic amines is 2. The van der Waals surface area contributed by atoms with E-state index in [-0.39, 0.29) is 16.3 Å². The van der Waals surface area contributed by atoms with Crippen molar-refractivity contribution < 1.29 is 23.3 Å². The third-order valence-electron chi connectivity index (χ3n) is 4.10. The zero-order chi connectivity index (χ0) is 21.0. The van der Waals surface area contributed by atoms with Crippen LogP contribution < -0.4 is 15.4 Å². The molecule has 0 saturated carbocycles. The van der Waals surface area contributed by atoms with Crippen LogP contribution in [0, 0.1) is 6.92 Å². The highest BCUT2D eigenvalue weighted by Gasteiger charge is 2.34. The van der Waals surface area contributed by atoms with Crippen LogP contribution in [0.3, 0.4) is 0 Å². The van der Waals surface area contributed by atoms with Crippen LogP contribution in [0.25, 0.3) is 5.76 Å². The van der Waals surface area contributed by atoms with Gasteiger partial charge in [0.05, 0.1) is 4.90 Å². The van der Waals surface area contributed by atoms with Crippen molar-refractivity contribution in [3.05, 3.63) is 78.1 Å². The van der Waals surface area contributed by atoms with Crippen molar-refractivity contribution in [1.29, 1.82) is 0 Å². The number of fused-ring (bicyclic) bond motifs is 1. The summed E-state index contributed by atoms with van der Waals surface area (Å²) in [5, 5.41) is 14.9. The van der Waals surface area contributed by atoms with Gasteiger partial charge in [0.25, 0.3) is 15.9 Å². The van der Waals surface area contributed by atoms with Crippen molar-refractivity contribution in [3.63, 3.8) is 0 Å². The first-order chi connectivity index (χ1) is 13.8. The van der Waals surface area contributed by atoms with Crippen LogP contribution in [-0.4, -0.2) is 35.6 Å². The summed E-state index contributed by atoms with van der Waals surface area (Å²) >= 11 is 0. The third-order valence-corrected chi connectivity index (χ3v) is 5.92. The van der Waals surface area contributed by atoms with E-state index in [1.807, 2.05) is 19.3 Å². The maximum absolute atomic E-state index is 12.5. The van der Waals surface area contributed by atoms with E-state index in [1.54, 1.807) is 18.2 Å². The first-order valence-corrected chi connectivity index (χ1v) is 10.00. The molecule has 3 N–H and O–H groups in total. The van der Waals surface area contributed by atoms with Gasteiger partial charge in [0.2, 0.25) is 5.82 Å². The predicted octanol–water partition coefficient (Wildman–Crippen LogP) is 0.521. The summed E-state index contributed by atoms with van der Waals surface area (Å²) in [4.78, 5) is 22.1. The van der Waals surface area contributed by atoms with Crippen molar-refractivity contribution >= 4 is 27.5 Å². The maximum Gasteiger partial charge on any atom is 0.273 e. The van der Waals surface area contributed by atoms with E-state index in [1.165, 1.54) is 37.5 Å². The second-order valence-electron chi connectivity index (χ2n) is 6.06. The number of benzene rings is 1. The lowest BCUT2D eigenvalue weighted by atomic mass is 10.1. The van der Waals surface area contributed by atoms with Gasteiger partial charge in [-0.1, -0.05) is 30.0 Å². The van der Waals surface area contributed by atoms with Crippen LogP contribution >= 0.6 is 0 Å². The molecule has 0 atom stereocenters. The summed E-state index contributed by atoms with van der Waals surface area (Å²) in [6.07, 6.45) is 5.18. The van der Waals surface area contributed by atoms with Gasteiger partial charge in [0.15, 0.2) is 0 Å². The molecule has 1 aliphatic heterocycles. The van der Waals surface area contributed by atoms with Crippen LogP contribution in [0.15, 0.2) is 71.6 Å². The van der Waals surface area contributed by atoms with Crippen LogP contribution in [0.2, 0.25) is 0 Å². The Hall–Kier alpha value is -3.66. The molecule has 3 heterocycles. The first-order valence-electron chi connectivity index (χ1n) is 8.56. The number of H-pyrrole nitrogens is 2. The van der Waals surface area contributed by atoms with Gasteiger partial charge in [0.1, 0.15) is 23.9 Å². The number of carbonyl (C=O) groups is 1. The summed E-state index contributed by atoms with van der Waals surface area (Å²) < 4.78 is 25.7.